The van der Waals surface area contributed by atoms with Crippen molar-refractivity contribution >= 4 is 33.7 Å². The smallest absolute Gasteiger partial charge is 0.223 e. The van der Waals surface area contributed by atoms with Gasteiger partial charge >= 0.3 is 0 Å². The molecule has 0 radical (unpaired) electrons. The molecule has 0 bridgehead atoms. The molecule has 0 aliphatic rings. The summed E-state index contributed by atoms with van der Waals surface area (Å²) in [6.45, 7) is 4.12. The number of benzene rings is 2. The zero-order valence-corrected chi connectivity index (χ0v) is 15.3. The van der Waals surface area contributed by atoms with Crippen LogP contribution in [0.5, 0.6) is 5.75 Å². The Morgan fingerprint density at radius 2 is 1.88 bits per heavy atom. The van der Waals surface area contributed by atoms with Crippen LogP contribution in [0.4, 0.5) is 0 Å². The molecule has 0 aliphatic carbocycles. The van der Waals surface area contributed by atoms with E-state index in [-0.39, 0.29) is 6.61 Å². The summed E-state index contributed by atoms with van der Waals surface area (Å²) in [6.07, 6.45) is 4.09. The van der Waals surface area contributed by atoms with Crippen LogP contribution in [-0.4, -0.2) is 15.1 Å². The molecule has 2 heterocycles. The predicted octanol–water partition coefficient (Wildman–Crippen LogP) is 5.05. The Balaban J connectivity index is 1.41. The summed E-state index contributed by atoms with van der Waals surface area (Å²) in [6, 6.07) is 14.2. The number of ether oxygens (including phenoxy) is 1. The second-order valence-corrected chi connectivity index (χ2v) is 7.01. The van der Waals surface area contributed by atoms with E-state index in [1.807, 2.05) is 30.3 Å². The first-order valence-electron chi connectivity index (χ1n) is 8.23. The second-order valence-electron chi connectivity index (χ2n) is 5.94. The predicted molar refractivity (Wildman–Crippen MR) is 103 cm³/mol. The number of aromatic nitrogens is 3. The molecule has 4 aromatic rings. The third kappa shape index (κ3) is 3.81. The number of nitrogens with zero attached hydrogens (tertiary/aromatic N) is 3. The van der Waals surface area contributed by atoms with Crippen LogP contribution in [-0.2, 0) is 6.61 Å². The maximum absolute atomic E-state index is 5.65. The molecular weight excluding hydrogens is 346 g/mol. The molecule has 0 unspecified atom stereocenters. The van der Waals surface area contributed by atoms with Gasteiger partial charge in [-0.25, -0.2) is 4.98 Å². The first-order chi connectivity index (χ1) is 12.7. The van der Waals surface area contributed by atoms with Crippen LogP contribution in [0, 0.1) is 13.8 Å². The minimum atomic E-state index is 0.289. The van der Waals surface area contributed by atoms with Gasteiger partial charge in [-0.2, -0.15) is 4.98 Å². The van der Waals surface area contributed by atoms with Crippen molar-refractivity contribution in [3.63, 3.8) is 0 Å². The van der Waals surface area contributed by atoms with E-state index in [1.54, 1.807) is 18.3 Å². The summed E-state index contributed by atoms with van der Waals surface area (Å²) < 4.78 is 11.8. The Labute approximate surface area is 155 Å². The van der Waals surface area contributed by atoms with Gasteiger partial charge in [-0.15, -0.1) is 11.3 Å². The first kappa shape index (κ1) is 16.5. The largest absolute Gasteiger partial charge is 0.485 e. The molecule has 2 aromatic heterocycles. The number of rotatable bonds is 5. The van der Waals surface area contributed by atoms with Crippen molar-refractivity contribution in [1.29, 1.82) is 0 Å². The number of hydrogen-bond acceptors (Lipinski definition) is 6. The van der Waals surface area contributed by atoms with Gasteiger partial charge in [0.05, 0.1) is 10.2 Å². The highest BCUT2D eigenvalue weighted by atomic mass is 32.1. The topological polar surface area (TPSA) is 61.0 Å². The molecule has 130 valence electrons. The monoisotopic (exact) mass is 363 g/mol. The van der Waals surface area contributed by atoms with Gasteiger partial charge in [-0.05, 0) is 48.4 Å². The normalized spacial score (nSPS) is 11.5. The lowest BCUT2D eigenvalue weighted by atomic mass is 10.2. The Bertz CT molecular complexity index is 1060. The molecule has 0 N–H and O–H groups in total. The van der Waals surface area contributed by atoms with E-state index >= 15 is 0 Å². The van der Waals surface area contributed by atoms with E-state index in [2.05, 4.69) is 46.3 Å². The van der Waals surface area contributed by atoms with Gasteiger partial charge < -0.3 is 9.26 Å². The third-order valence-corrected chi connectivity index (χ3v) is 4.80. The highest BCUT2D eigenvalue weighted by molar-refractivity contribution is 7.19. The number of thiazole rings is 1. The van der Waals surface area contributed by atoms with Crippen molar-refractivity contribution in [2.24, 2.45) is 0 Å². The lowest BCUT2D eigenvalue weighted by molar-refractivity contribution is 0.285. The van der Waals surface area contributed by atoms with Crippen LogP contribution < -0.4 is 4.74 Å². The van der Waals surface area contributed by atoms with Gasteiger partial charge in [-0.3, -0.25) is 0 Å². The molecule has 6 heteroatoms. The minimum Gasteiger partial charge on any atom is -0.485 e. The maximum Gasteiger partial charge on any atom is 0.223 e. The fourth-order valence-corrected chi connectivity index (χ4v) is 3.37. The van der Waals surface area contributed by atoms with E-state index in [4.69, 9.17) is 9.26 Å². The highest BCUT2D eigenvalue weighted by Crippen LogP contribution is 2.24. The van der Waals surface area contributed by atoms with E-state index in [0.29, 0.717) is 11.7 Å². The summed E-state index contributed by atoms with van der Waals surface area (Å²) in [5.74, 6) is 1.84. The van der Waals surface area contributed by atoms with Gasteiger partial charge in [-0.1, -0.05) is 29.4 Å². The molecule has 0 spiro atoms. The maximum atomic E-state index is 5.65. The number of hydrogen-bond donors (Lipinski definition) is 0. The summed E-state index contributed by atoms with van der Waals surface area (Å²) in [7, 11) is 0. The van der Waals surface area contributed by atoms with Crippen LogP contribution in [0.2, 0.25) is 0 Å². The van der Waals surface area contributed by atoms with Crippen molar-refractivity contribution < 1.29 is 9.26 Å². The third-order valence-electron chi connectivity index (χ3n) is 3.80. The Hall–Kier alpha value is -2.99. The Morgan fingerprint density at radius 1 is 1.04 bits per heavy atom. The van der Waals surface area contributed by atoms with Gasteiger partial charge in [0, 0.05) is 6.92 Å². The molecule has 26 heavy (non-hydrogen) atoms. The standard InChI is InChI=1S/C20H17N3O2S/c1-13-3-9-18-17(11-13)22-20(26-18)10-6-15-4-7-16(8-5-15)24-12-19-21-14(2)25-23-19/h3-11H,12H2,1-2H3/b10-6+. The van der Waals surface area contributed by atoms with Crippen molar-refractivity contribution in [3.05, 3.63) is 70.3 Å². The molecule has 0 atom stereocenters. The fraction of sp³-hybridized carbons (Fsp3) is 0.150. The van der Waals surface area contributed by atoms with E-state index in [1.165, 1.54) is 10.3 Å². The van der Waals surface area contributed by atoms with Gasteiger partial charge in [0.25, 0.3) is 0 Å². The van der Waals surface area contributed by atoms with E-state index in [0.717, 1.165) is 21.8 Å². The minimum absolute atomic E-state index is 0.289. The highest BCUT2D eigenvalue weighted by Gasteiger charge is 2.03. The molecule has 0 saturated carbocycles. The van der Waals surface area contributed by atoms with Crippen LogP contribution in [0.3, 0.4) is 0 Å². The van der Waals surface area contributed by atoms with E-state index in [9.17, 15) is 0 Å². The summed E-state index contributed by atoms with van der Waals surface area (Å²) >= 11 is 1.69. The average Bonchev–Trinajstić information content (AvgIpc) is 3.24. The second kappa shape index (κ2) is 7.09. The average molecular weight is 363 g/mol. The number of aryl methyl sites for hydroxylation is 2. The van der Waals surface area contributed by atoms with E-state index < -0.39 is 0 Å². The molecule has 2 aromatic carbocycles. The first-order valence-corrected chi connectivity index (χ1v) is 9.05. The number of fused-ring (bicyclic) bond motifs is 1. The van der Waals surface area contributed by atoms with Crippen LogP contribution in [0.15, 0.2) is 47.0 Å². The molecule has 0 fully saturated rings. The zero-order valence-electron chi connectivity index (χ0n) is 14.5. The van der Waals surface area contributed by atoms with Gasteiger partial charge in [0.15, 0.2) is 6.61 Å². The molecule has 4 rings (SSSR count). The Morgan fingerprint density at radius 3 is 2.65 bits per heavy atom. The lowest BCUT2D eigenvalue weighted by Crippen LogP contribution is -1.97. The molecule has 0 amide bonds. The molecule has 0 saturated heterocycles. The summed E-state index contributed by atoms with van der Waals surface area (Å²) in [5, 5.41) is 4.81. The quantitative estimate of drug-likeness (QED) is 0.497. The molecule has 5 nitrogen and oxygen atoms in total. The van der Waals surface area contributed by atoms with Crippen LogP contribution in [0.1, 0.15) is 27.8 Å². The molecule has 0 aliphatic heterocycles. The SMILES string of the molecule is Cc1ccc2sc(/C=C/c3ccc(OCc4noc(C)n4)cc3)nc2c1. The zero-order chi connectivity index (χ0) is 17.9. The lowest BCUT2D eigenvalue weighted by Gasteiger charge is -2.03. The molecular formula is C20H17N3O2S. The van der Waals surface area contributed by atoms with Gasteiger partial charge in [0.2, 0.25) is 11.7 Å². The van der Waals surface area contributed by atoms with Gasteiger partial charge in [0.1, 0.15) is 10.8 Å². The van der Waals surface area contributed by atoms with Crippen molar-refractivity contribution in [2.45, 2.75) is 20.5 Å². The Kier molecular flexibility index (Phi) is 4.50. The van der Waals surface area contributed by atoms with Crippen molar-refractivity contribution in [2.75, 3.05) is 0 Å². The van der Waals surface area contributed by atoms with Crippen LogP contribution >= 0.6 is 11.3 Å². The van der Waals surface area contributed by atoms with Crippen molar-refractivity contribution in [1.82, 2.24) is 15.1 Å². The van der Waals surface area contributed by atoms with Crippen LogP contribution in [0.25, 0.3) is 22.4 Å². The fourth-order valence-electron chi connectivity index (χ4n) is 2.52. The van der Waals surface area contributed by atoms with Crippen molar-refractivity contribution in [3.8, 4) is 5.75 Å². The summed E-state index contributed by atoms with van der Waals surface area (Å²) in [4.78, 5) is 8.77. The summed E-state index contributed by atoms with van der Waals surface area (Å²) in [5.41, 5.74) is 3.36.